The molecule has 0 spiro atoms. The van der Waals surface area contributed by atoms with Gasteiger partial charge in [-0.3, -0.25) is 4.79 Å². The van der Waals surface area contributed by atoms with E-state index in [9.17, 15) is 9.18 Å². The van der Waals surface area contributed by atoms with Crippen molar-refractivity contribution in [2.24, 2.45) is 5.92 Å². The third-order valence-corrected chi connectivity index (χ3v) is 5.74. The van der Waals surface area contributed by atoms with E-state index in [0.717, 1.165) is 12.0 Å². The Morgan fingerprint density at radius 2 is 1.84 bits per heavy atom. The first-order valence-corrected chi connectivity index (χ1v) is 10.9. The molecule has 0 saturated carbocycles. The molecule has 2 heterocycles. The summed E-state index contributed by atoms with van der Waals surface area (Å²) in [6.07, 6.45) is 5.49. The second-order valence-corrected chi connectivity index (χ2v) is 8.02. The molecule has 1 fully saturated rings. The minimum atomic E-state index is -0.422. The van der Waals surface area contributed by atoms with E-state index in [2.05, 4.69) is 27.1 Å². The number of ether oxygens (including phenoxy) is 1. The first-order chi connectivity index (χ1) is 15.5. The van der Waals surface area contributed by atoms with E-state index in [1.54, 1.807) is 24.5 Å². The van der Waals surface area contributed by atoms with Gasteiger partial charge in [0.15, 0.2) is 5.82 Å². The average molecular weight is 435 g/mol. The normalized spacial score (nSPS) is 14.3. The van der Waals surface area contributed by atoms with Gasteiger partial charge in [-0.15, -0.1) is 0 Å². The number of carbonyl (C=O) groups is 1. The fraction of sp³-hybridized carbons (Fsp3) is 0.320. The van der Waals surface area contributed by atoms with Gasteiger partial charge < -0.3 is 15.0 Å². The van der Waals surface area contributed by atoms with Crippen LogP contribution in [0.3, 0.4) is 0 Å². The highest BCUT2D eigenvalue weighted by molar-refractivity contribution is 5.93. The summed E-state index contributed by atoms with van der Waals surface area (Å²) in [6, 6.07) is 12.6. The Morgan fingerprint density at radius 3 is 2.56 bits per heavy atom. The highest BCUT2D eigenvalue weighted by atomic mass is 19.1. The van der Waals surface area contributed by atoms with E-state index in [-0.39, 0.29) is 17.5 Å². The van der Waals surface area contributed by atoms with Gasteiger partial charge in [0, 0.05) is 31.4 Å². The van der Waals surface area contributed by atoms with Gasteiger partial charge in [-0.2, -0.15) is 0 Å². The predicted molar refractivity (Wildman–Crippen MR) is 123 cm³/mol. The lowest BCUT2D eigenvalue weighted by Crippen LogP contribution is -2.38. The number of aromatic nitrogens is 2. The summed E-state index contributed by atoms with van der Waals surface area (Å²) in [6.45, 7) is 5.25. The highest BCUT2D eigenvalue weighted by Gasteiger charge is 2.28. The first-order valence-electron chi connectivity index (χ1n) is 10.9. The number of anilines is 2. The second kappa shape index (κ2) is 9.77. The van der Waals surface area contributed by atoms with Gasteiger partial charge in [-0.05, 0) is 61.6 Å². The molecule has 0 radical (unpaired) electrons. The van der Waals surface area contributed by atoms with Crippen LogP contribution in [0.1, 0.15) is 30.9 Å². The van der Waals surface area contributed by atoms with Gasteiger partial charge >= 0.3 is 0 Å². The molecular weight excluding hydrogens is 407 g/mol. The fourth-order valence-corrected chi connectivity index (χ4v) is 3.83. The molecule has 6 nitrogen and oxygen atoms in total. The Balaban J connectivity index is 1.40. The number of rotatable bonds is 6. The quantitative estimate of drug-likeness (QED) is 0.582. The summed E-state index contributed by atoms with van der Waals surface area (Å²) in [4.78, 5) is 23.6. The van der Waals surface area contributed by atoms with Gasteiger partial charge in [0.05, 0.1) is 5.69 Å². The van der Waals surface area contributed by atoms with Crippen molar-refractivity contribution in [2.75, 3.05) is 23.3 Å². The SMILES string of the molecule is CCc1ccc(Oc2nccnc2N2CCC(C(=O)Nc3cc(C)ccc3F)CC2)cc1. The Morgan fingerprint density at radius 1 is 1.12 bits per heavy atom. The predicted octanol–water partition coefficient (Wildman–Crippen LogP) is 5.13. The molecule has 1 amide bonds. The van der Waals surface area contributed by atoms with Crippen molar-refractivity contribution in [3.8, 4) is 11.6 Å². The number of nitrogens with zero attached hydrogens (tertiary/aromatic N) is 3. The molecule has 32 heavy (non-hydrogen) atoms. The summed E-state index contributed by atoms with van der Waals surface area (Å²) >= 11 is 0. The van der Waals surface area contributed by atoms with Crippen LogP contribution in [0.2, 0.25) is 0 Å². The topological polar surface area (TPSA) is 67.4 Å². The van der Waals surface area contributed by atoms with Crippen molar-refractivity contribution in [1.82, 2.24) is 9.97 Å². The van der Waals surface area contributed by atoms with Crippen molar-refractivity contribution >= 4 is 17.4 Å². The van der Waals surface area contributed by atoms with Crippen molar-refractivity contribution in [1.29, 1.82) is 0 Å². The Bertz CT molecular complexity index is 1080. The number of benzene rings is 2. The van der Waals surface area contributed by atoms with E-state index in [1.807, 2.05) is 31.2 Å². The highest BCUT2D eigenvalue weighted by Crippen LogP contribution is 2.31. The van der Waals surface area contributed by atoms with E-state index in [1.165, 1.54) is 11.6 Å². The summed E-state index contributed by atoms with van der Waals surface area (Å²) in [5.74, 6) is 1.06. The molecule has 1 N–H and O–H groups in total. The Labute approximate surface area is 187 Å². The number of halogens is 1. The number of aryl methyl sites for hydroxylation is 2. The van der Waals surface area contributed by atoms with Crippen LogP contribution >= 0.6 is 0 Å². The number of carbonyl (C=O) groups excluding carboxylic acids is 1. The third-order valence-electron chi connectivity index (χ3n) is 5.74. The first kappa shape index (κ1) is 21.7. The lowest BCUT2D eigenvalue weighted by atomic mass is 9.95. The molecule has 0 atom stereocenters. The minimum Gasteiger partial charge on any atom is -0.436 e. The summed E-state index contributed by atoms with van der Waals surface area (Å²) in [7, 11) is 0. The summed E-state index contributed by atoms with van der Waals surface area (Å²) < 4.78 is 20.0. The van der Waals surface area contributed by atoms with E-state index in [4.69, 9.17) is 4.74 Å². The molecule has 2 aromatic carbocycles. The monoisotopic (exact) mass is 434 g/mol. The minimum absolute atomic E-state index is 0.152. The van der Waals surface area contributed by atoms with Gasteiger partial charge in [-0.25, -0.2) is 14.4 Å². The van der Waals surface area contributed by atoms with Gasteiger partial charge in [0.1, 0.15) is 11.6 Å². The largest absolute Gasteiger partial charge is 0.436 e. The van der Waals surface area contributed by atoms with Crippen molar-refractivity contribution in [3.05, 3.63) is 71.8 Å². The third kappa shape index (κ3) is 5.04. The number of hydrogen-bond donors (Lipinski definition) is 1. The maximum absolute atomic E-state index is 14.0. The molecule has 4 rings (SSSR count). The number of piperidine rings is 1. The fourth-order valence-electron chi connectivity index (χ4n) is 3.83. The van der Waals surface area contributed by atoms with Crippen LogP contribution < -0.4 is 15.0 Å². The lowest BCUT2D eigenvalue weighted by molar-refractivity contribution is -0.120. The molecule has 1 aliphatic heterocycles. The molecular formula is C25H27FN4O2. The zero-order chi connectivity index (χ0) is 22.5. The molecule has 166 valence electrons. The van der Waals surface area contributed by atoms with Gasteiger partial charge in [-0.1, -0.05) is 25.1 Å². The molecule has 0 bridgehead atoms. The summed E-state index contributed by atoms with van der Waals surface area (Å²) in [5, 5.41) is 2.74. The smallest absolute Gasteiger partial charge is 0.263 e. The maximum atomic E-state index is 14.0. The van der Waals surface area contributed by atoms with E-state index in [0.29, 0.717) is 43.4 Å². The molecule has 3 aromatic rings. The number of nitrogens with one attached hydrogen (secondary N) is 1. The molecule has 1 saturated heterocycles. The zero-order valence-corrected chi connectivity index (χ0v) is 18.3. The van der Waals surface area contributed by atoms with Crippen LogP contribution in [0, 0.1) is 18.7 Å². The zero-order valence-electron chi connectivity index (χ0n) is 18.3. The van der Waals surface area contributed by atoms with E-state index >= 15 is 0 Å². The number of hydrogen-bond acceptors (Lipinski definition) is 5. The molecule has 1 aliphatic rings. The second-order valence-electron chi connectivity index (χ2n) is 8.02. The molecule has 7 heteroatoms. The van der Waals surface area contributed by atoms with E-state index < -0.39 is 5.82 Å². The average Bonchev–Trinajstić information content (AvgIpc) is 2.82. The van der Waals surface area contributed by atoms with Crippen LogP contribution in [0.5, 0.6) is 11.6 Å². The van der Waals surface area contributed by atoms with Crippen molar-refractivity contribution in [2.45, 2.75) is 33.1 Å². The maximum Gasteiger partial charge on any atom is 0.263 e. The molecule has 1 aromatic heterocycles. The lowest BCUT2D eigenvalue weighted by Gasteiger charge is -2.32. The van der Waals surface area contributed by atoms with Crippen LogP contribution in [0.15, 0.2) is 54.9 Å². The Kier molecular flexibility index (Phi) is 6.63. The van der Waals surface area contributed by atoms with Crippen molar-refractivity contribution in [3.63, 3.8) is 0 Å². The van der Waals surface area contributed by atoms with Crippen molar-refractivity contribution < 1.29 is 13.9 Å². The standard InChI is InChI=1S/C25H27FN4O2/c1-3-18-5-7-20(8-6-18)32-25-23(27-12-13-28-25)30-14-10-19(11-15-30)24(31)29-22-16-17(2)4-9-21(22)26/h4-9,12-13,16,19H,3,10-11,14-15H2,1-2H3,(H,29,31). The number of amides is 1. The Hall–Kier alpha value is -3.48. The van der Waals surface area contributed by atoms with Crippen LogP contribution in [0.25, 0.3) is 0 Å². The van der Waals surface area contributed by atoms with Gasteiger partial charge in [0.2, 0.25) is 5.91 Å². The van der Waals surface area contributed by atoms with Crippen LogP contribution in [-0.2, 0) is 11.2 Å². The molecule has 0 aliphatic carbocycles. The van der Waals surface area contributed by atoms with Gasteiger partial charge in [0.25, 0.3) is 5.88 Å². The molecule has 0 unspecified atom stereocenters. The van der Waals surface area contributed by atoms with Crippen LogP contribution in [0.4, 0.5) is 15.9 Å². The summed E-state index contributed by atoms with van der Waals surface area (Å²) in [5.41, 5.74) is 2.37. The van der Waals surface area contributed by atoms with Crippen LogP contribution in [-0.4, -0.2) is 29.0 Å².